The third kappa shape index (κ3) is 6.31. The number of nitrogens with zero attached hydrogens (tertiary/aromatic N) is 1. The third-order valence-electron chi connectivity index (χ3n) is 3.58. The predicted molar refractivity (Wildman–Crippen MR) is 116 cm³/mol. The second-order valence-electron chi connectivity index (χ2n) is 5.22. The second kappa shape index (κ2) is 11.2. The van der Waals surface area contributed by atoms with E-state index in [0.717, 1.165) is 11.1 Å². The smallest absolute Gasteiger partial charge is 0.191 e. The number of nitrogens with one attached hydrogen (secondary N) is 2. The van der Waals surface area contributed by atoms with Crippen LogP contribution in [-0.2, 0) is 13.1 Å². The first kappa shape index (κ1) is 22.5. The van der Waals surface area contributed by atoms with E-state index in [4.69, 9.17) is 9.47 Å². The van der Waals surface area contributed by atoms with Crippen LogP contribution in [0.3, 0.4) is 0 Å². The first-order valence-electron chi connectivity index (χ1n) is 7.66. The molecule has 0 saturated carbocycles. The summed E-state index contributed by atoms with van der Waals surface area (Å²) >= 11 is 3.15. The van der Waals surface area contributed by atoms with Crippen LogP contribution in [0.4, 0.5) is 4.39 Å². The number of halogens is 3. The van der Waals surface area contributed by atoms with E-state index in [1.54, 1.807) is 27.3 Å². The molecule has 0 bridgehead atoms. The van der Waals surface area contributed by atoms with Crippen molar-refractivity contribution >= 4 is 45.9 Å². The molecule has 0 amide bonds. The van der Waals surface area contributed by atoms with Gasteiger partial charge in [-0.2, -0.15) is 0 Å². The van der Waals surface area contributed by atoms with Gasteiger partial charge < -0.3 is 20.1 Å². The zero-order chi connectivity index (χ0) is 18.2. The average Bonchev–Trinajstić information content (AvgIpc) is 2.64. The van der Waals surface area contributed by atoms with E-state index >= 15 is 0 Å². The summed E-state index contributed by atoms with van der Waals surface area (Å²) in [5.74, 6) is 1.70. The quantitative estimate of drug-likeness (QED) is 0.331. The van der Waals surface area contributed by atoms with Gasteiger partial charge in [0.15, 0.2) is 17.5 Å². The lowest BCUT2D eigenvalue weighted by Gasteiger charge is -2.14. The van der Waals surface area contributed by atoms with Gasteiger partial charge in [-0.1, -0.05) is 12.1 Å². The molecule has 8 heteroatoms. The van der Waals surface area contributed by atoms with Crippen molar-refractivity contribution in [2.24, 2.45) is 4.99 Å². The van der Waals surface area contributed by atoms with E-state index in [2.05, 4.69) is 31.6 Å². The topological polar surface area (TPSA) is 54.9 Å². The van der Waals surface area contributed by atoms with Crippen LogP contribution in [0.15, 0.2) is 45.9 Å². The van der Waals surface area contributed by atoms with Gasteiger partial charge in [0, 0.05) is 20.1 Å². The lowest BCUT2D eigenvalue weighted by molar-refractivity contribution is 0.354. The maximum absolute atomic E-state index is 13.5. The number of guanidine groups is 1. The summed E-state index contributed by atoms with van der Waals surface area (Å²) in [7, 11) is 4.89. The van der Waals surface area contributed by atoms with E-state index in [-0.39, 0.29) is 29.8 Å². The Morgan fingerprint density at radius 1 is 1.00 bits per heavy atom. The van der Waals surface area contributed by atoms with Gasteiger partial charge in [-0.15, -0.1) is 24.0 Å². The Labute approximate surface area is 178 Å². The maximum atomic E-state index is 13.5. The molecule has 5 nitrogen and oxygen atoms in total. The summed E-state index contributed by atoms with van der Waals surface area (Å²) < 4.78 is 24.5. The van der Waals surface area contributed by atoms with Gasteiger partial charge in [0.2, 0.25) is 0 Å². The molecule has 0 aliphatic carbocycles. The fourth-order valence-corrected chi connectivity index (χ4v) is 2.48. The van der Waals surface area contributed by atoms with Crippen molar-refractivity contribution in [1.29, 1.82) is 0 Å². The number of aliphatic imine (C=N–C) groups is 1. The molecule has 2 N–H and O–H groups in total. The van der Waals surface area contributed by atoms with Gasteiger partial charge in [-0.05, 0) is 51.3 Å². The molecule has 0 saturated heterocycles. The van der Waals surface area contributed by atoms with Gasteiger partial charge in [-0.3, -0.25) is 4.99 Å². The van der Waals surface area contributed by atoms with Crippen LogP contribution in [0.25, 0.3) is 0 Å². The summed E-state index contributed by atoms with van der Waals surface area (Å²) in [6, 6.07) is 10.7. The highest BCUT2D eigenvalue weighted by Gasteiger charge is 2.06. The Morgan fingerprint density at radius 2 is 1.58 bits per heavy atom. The molecule has 0 heterocycles. The van der Waals surface area contributed by atoms with Gasteiger partial charge in [0.25, 0.3) is 0 Å². The van der Waals surface area contributed by atoms with Crippen LogP contribution in [0.5, 0.6) is 11.5 Å². The van der Waals surface area contributed by atoms with Gasteiger partial charge in [0.05, 0.1) is 18.7 Å². The van der Waals surface area contributed by atoms with Gasteiger partial charge in [-0.25, -0.2) is 4.39 Å². The molecule has 0 fully saturated rings. The average molecular weight is 538 g/mol. The Hall–Kier alpha value is -1.55. The van der Waals surface area contributed by atoms with E-state index < -0.39 is 0 Å². The normalized spacial score (nSPS) is 10.7. The standard InChI is InChI=1S/C18H21BrFN3O2.HI/c1-21-18(22-10-12-4-6-14(19)15(20)8-12)23-11-13-5-7-16(24-2)17(9-13)25-3;/h4-9H,10-11H2,1-3H3,(H2,21,22,23);1H. The van der Waals surface area contributed by atoms with Crippen LogP contribution in [0.1, 0.15) is 11.1 Å². The fraction of sp³-hybridized carbons (Fsp3) is 0.278. The monoisotopic (exact) mass is 537 g/mol. The molecule has 0 aliphatic heterocycles. The first-order chi connectivity index (χ1) is 12.1. The van der Waals surface area contributed by atoms with E-state index in [1.165, 1.54) is 6.07 Å². The van der Waals surface area contributed by atoms with Crippen molar-refractivity contribution in [3.8, 4) is 11.5 Å². The second-order valence-corrected chi connectivity index (χ2v) is 6.07. The molecule has 0 aromatic heterocycles. The molecule has 0 unspecified atom stereocenters. The highest BCUT2D eigenvalue weighted by atomic mass is 127. The molecule has 26 heavy (non-hydrogen) atoms. The minimum Gasteiger partial charge on any atom is -0.493 e. The minimum atomic E-state index is -0.285. The lowest BCUT2D eigenvalue weighted by Crippen LogP contribution is -2.36. The van der Waals surface area contributed by atoms with Crippen LogP contribution in [0.2, 0.25) is 0 Å². The number of hydrogen-bond donors (Lipinski definition) is 2. The fourth-order valence-electron chi connectivity index (χ4n) is 2.23. The summed E-state index contributed by atoms with van der Waals surface area (Å²) in [6.07, 6.45) is 0. The van der Waals surface area contributed by atoms with E-state index in [0.29, 0.717) is 35.0 Å². The molecule has 0 aliphatic rings. The van der Waals surface area contributed by atoms with Crippen LogP contribution in [0, 0.1) is 5.82 Å². The Morgan fingerprint density at radius 3 is 2.12 bits per heavy atom. The lowest BCUT2D eigenvalue weighted by atomic mass is 10.2. The number of ether oxygens (including phenoxy) is 2. The Kier molecular flexibility index (Phi) is 9.71. The molecule has 0 radical (unpaired) electrons. The minimum absolute atomic E-state index is 0. The molecule has 2 aromatic rings. The van der Waals surface area contributed by atoms with Crippen molar-refractivity contribution in [2.75, 3.05) is 21.3 Å². The van der Waals surface area contributed by atoms with Gasteiger partial charge >= 0.3 is 0 Å². The van der Waals surface area contributed by atoms with Crippen molar-refractivity contribution in [2.45, 2.75) is 13.1 Å². The summed E-state index contributed by atoms with van der Waals surface area (Å²) in [4.78, 5) is 4.17. The van der Waals surface area contributed by atoms with Crippen LogP contribution >= 0.6 is 39.9 Å². The molecule has 2 aromatic carbocycles. The molecule has 2 rings (SSSR count). The third-order valence-corrected chi connectivity index (χ3v) is 4.22. The highest BCUT2D eigenvalue weighted by Crippen LogP contribution is 2.27. The largest absolute Gasteiger partial charge is 0.493 e. The van der Waals surface area contributed by atoms with E-state index in [1.807, 2.05) is 24.3 Å². The zero-order valence-electron chi connectivity index (χ0n) is 14.8. The van der Waals surface area contributed by atoms with Crippen molar-refractivity contribution in [1.82, 2.24) is 10.6 Å². The molecule has 142 valence electrons. The predicted octanol–water partition coefficient (Wildman–Crippen LogP) is 4.09. The first-order valence-corrected chi connectivity index (χ1v) is 8.46. The zero-order valence-corrected chi connectivity index (χ0v) is 18.7. The summed E-state index contributed by atoms with van der Waals surface area (Å²) in [6.45, 7) is 1.03. The molecule has 0 spiro atoms. The number of benzene rings is 2. The Balaban J connectivity index is 0.00000338. The summed E-state index contributed by atoms with van der Waals surface area (Å²) in [5, 5.41) is 6.37. The number of rotatable bonds is 6. The van der Waals surface area contributed by atoms with Crippen LogP contribution < -0.4 is 20.1 Å². The summed E-state index contributed by atoms with van der Waals surface area (Å²) in [5.41, 5.74) is 1.85. The van der Waals surface area contributed by atoms with Crippen molar-refractivity contribution in [3.05, 3.63) is 57.8 Å². The SMILES string of the molecule is CN=C(NCc1ccc(Br)c(F)c1)NCc1ccc(OC)c(OC)c1.I. The Bertz CT molecular complexity index is 759. The van der Waals surface area contributed by atoms with Crippen LogP contribution in [-0.4, -0.2) is 27.2 Å². The van der Waals surface area contributed by atoms with Gasteiger partial charge in [0.1, 0.15) is 5.82 Å². The maximum Gasteiger partial charge on any atom is 0.191 e. The van der Waals surface area contributed by atoms with Crippen molar-refractivity contribution < 1.29 is 13.9 Å². The highest BCUT2D eigenvalue weighted by molar-refractivity contribution is 14.0. The molecule has 0 atom stereocenters. The number of methoxy groups -OCH3 is 2. The number of hydrogen-bond acceptors (Lipinski definition) is 3. The molecular formula is C18H22BrFIN3O2. The van der Waals surface area contributed by atoms with Crippen molar-refractivity contribution in [3.63, 3.8) is 0 Å². The van der Waals surface area contributed by atoms with E-state index in [9.17, 15) is 4.39 Å². The molecular weight excluding hydrogens is 516 g/mol.